The molecular formula is C3H6N4O2. The van der Waals surface area contributed by atoms with E-state index in [0.717, 1.165) is 0 Å². The molecule has 6 nitrogen and oxygen atoms in total. The van der Waals surface area contributed by atoms with Gasteiger partial charge in [0, 0.05) is 0 Å². The predicted octanol–water partition coefficient (Wildman–Crippen LogP) is 0.850. The smallest absolute Gasteiger partial charge is 0.242 e. The number of nitrogens with one attached hydrogen (secondary N) is 1. The Morgan fingerprint density at radius 2 is 2.33 bits per heavy atom. The summed E-state index contributed by atoms with van der Waals surface area (Å²) in [6.07, 6.45) is 0. The van der Waals surface area contributed by atoms with Crippen molar-refractivity contribution in [2.75, 3.05) is 6.54 Å². The number of nitroso groups, excluding NO2 is 1. The first kappa shape index (κ1) is 7.67. The molecule has 0 aliphatic rings. The minimum Gasteiger partial charge on any atom is -0.242 e. The molecule has 0 spiro atoms. The van der Waals surface area contributed by atoms with Crippen molar-refractivity contribution in [3.05, 3.63) is 4.91 Å². The molecule has 0 aromatic carbocycles. The zero-order valence-corrected chi connectivity index (χ0v) is 4.87. The summed E-state index contributed by atoms with van der Waals surface area (Å²) in [6.45, 7) is 2.12. The Balaban J connectivity index is 3.49. The molecule has 0 radical (unpaired) electrons. The van der Waals surface area contributed by atoms with E-state index in [-0.39, 0.29) is 0 Å². The van der Waals surface area contributed by atoms with Crippen LogP contribution in [0.4, 0.5) is 4.79 Å². The van der Waals surface area contributed by atoms with Gasteiger partial charge in [0.1, 0.15) is 0 Å². The van der Waals surface area contributed by atoms with Gasteiger partial charge in [-0.1, -0.05) is 5.11 Å². The van der Waals surface area contributed by atoms with Gasteiger partial charge in [0.2, 0.25) is 0 Å². The van der Waals surface area contributed by atoms with Crippen molar-refractivity contribution in [1.29, 1.82) is 0 Å². The number of azo groups is 1. The number of rotatable bonds is 2. The fraction of sp³-hybridized carbons (Fsp3) is 0.667. The Bertz CT molecular complexity index is 132. The van der Waals surface area contributed by atoms with Crippen molar-refractivity contribution in [2.24, 2.45) is 15.5 Å². The van der Waals surface area contributed by atoms with E-state index in [1.807, 2.05) is 0 Å². The minimum absolute atomic E-state index is 0.409. The molecule has 0 bridgehead atoms. The third-order valence-electron chi connectivity index (χ3n) is 0.444. The predicted molar refractivity (Wildman–Crippen MR) is 29.7 cm³/mol. The molecule has 6 heteroatoms. The fourth-order valence-electron chi connectivity index (χ4n) is 0.196. The van der Waals surface area contributed by atoms with Crippen molar-refractivity contribution < 1.29 is 4.79 Å². The largest absolute Gasteiger partial charge is 0.382 e. The molecule has 0 heterocycles. The molecule has 0 aliphatic carbocycles. The molecule has 0 saturated carbocycles. The van der Waals surface area contributed by atoms with Gasteiger partial charge >= 0.3 is 6.03 Å². The summed E-state index contributed by atoms with van der Waals surface area (Å²) in [7, 11) is 0. The van der Waals surface area contributed by atoms with Gasteiger partial charge in [0.05, 0.1) is 11.8 Å². The third kappa shape index (κ3) is 4.52. The van der Waals surface area contributed by atoms with E-state index in [1.165, 1.54) is 0 Å². The Hall–Kier alpha value is -1.33. The van der Waals surface area contributed by atoms with E-state index in [9.17, 15) is 9.70 Å². The monoisotopic (exact) mass is 130 g/mol. The van der Waals surface area contributed by atoms with Crippen molar-refractivity contribution in [3.63, 3.8) is 0 Å². The highest BCUT2D eigenvalue weighted by Crippen LogP contribution is 1.76. The van der Waals surface area contributed by atoms with Crippen LogP contribution in [0.3, 0.4) is 0 Å². The summed E-state index contributed by atoms with van der Waals surface area (Å²) in [6, 6.07) is -0.841. The van der Waals surface area contributed by atoms with Crippen LogP contribution in [0, 0.1) is 4.91 Å². The summed E-state index contributed by atoms with van der Waals surface area (Å²) >= 11 is 0. The molecule has 0 aromatic heterocycles. The van der Waals surface area contributed by atoms with Gasteiger partial charge in [-0.05, 0) is 6.92 Å². The molecule has 0 fully saturated rings. The maximum Gasteiger partial charge on any atom is 0.382 e. The molecule has 1 N–H and O–H groups in total. The maximum absolute atomic E-state index is 10.1. The van der Waals surface area contributed by atoms with Gasteiger partial charge in [-0.3, -0.25) is 0 Å². The van der Waals surface area contributed by atoms with Crippen LogP contribution in [-0.2, 0) is 0 Å². The Kier molecular flexibility index (Phi) is 4.11. The van der Waals surface area contributed by atoms with Gasteiger partial charge in [0.25, 0.3) is 0 Å². The second-order valence-corrected chi connectivity index (χ2v) is 1.07. The number of amides is 2. The van der Waals surface area contributed by atoms with E-state index < -0.39 is 6.03 Å². The number of carbonyl (C=O) groups is 1. The van der Waals surface area contributed by atoms with E-state index >= 15 is 0 Å². The van der Waals surface area contributed by atoms with Crippen molar-refractivity contribution >= 4 is 6.03 Å². The summed E-state index contributed by atoms with van der Waals surface area (Å²) in [5, 5.41) is 8.40. The van der Waals surface area contributed by atoms with Crippen molar-refractivity contribution in [2.45, 2.75) is 6.92 Å². The van der Waals surface area contributed by atoms with Crippen LogP contribution < -0.4 is 5.43 Å². The van der Waals surface area contributed by atoms with Crippen LogP contribution in [0.2, 0.25) is 0 Å². The molecule has 0 aromatic rings. The van der Waals surface area contributed by atoms with Crippen molar-refractivity contribution in [1.82, 2.24) is 5.43 Å². The normalized spacial score (nSPS) is 9.44. The molecule has 9 heavy (non-hydrogen) atoms. The van der Waals surface area contributed by atoms with E-state index in [0.29, 0.717) is 6.54 Å². The van der Waals surface area contributed by atoms with Crippen LogP contribution >= 0.6 is 0 Å². The SMILES string of the molecule is CCN=NC(=O)NN=O. The maximum atomic E-state index is 10.1. The minimum atomic E-state index is -0.841. The van der Waals surface area contributed by atoms with E-state index in [1.54, 1.807) is 12.3 Å². The lowest BCUT2D eigenvalue weighted by Gasteiger charge is -1.81. The van der Waals surface area contributed by atoms with Crippen LogP contribution in [0.1, 0.15) is 6.92 Å². The van der Waals surface area contributed by atoms with Crippen LogP contribution in [-0.4, -0.2) is 12.6 Å². The Morgan fingerprint density at radius 1 is 1.67 bits per heavy atom. The van der Waals surface area contributed by atoms with Crippen LogP contribution in [0.5, 0.6) is 0 Å². The Morgan fingerprint density at radius 3 is 2.78 bits per heavy atom. The number of hydrogen-bond acceptors (Lipinski definition) is 4. The second-order valence-electron chi connectivity index (χ2n) is 1.07. The highest BCUT2D eigenvalue weighted by molar-refractivity contribution is 5.73. The fourth-order valence-corrected chi connectivity index (χ4v) is 0.196. The lowest BCUT2D eigenvalue weighted by molar-refractivity contribution is 0.248. The average Bonchev–Trinajstić information content (AvgIpc) is 1.85. The third-order valence-corrected chi connectivity index (χ3v) is 0.444. The average molecular weight is 130 g/mol. The molecule has 50 valence electrons. The van der Waals surface area contributed by atoms with Gasteiger partial charge in [-0.2, -0.15) is 10.5 Å². The van der Waals surface area contributed by atoms with Crippen molar-refractivity contribution in [3.8, 4) is 0 Å². The van der Waals surface area contributed by atoms with Gasteiger partial charge < -0.3 is 0 Å². The van der Waals surface area contributed by atoms with Crippen LogP contribution in [0.15, 0.2) is 15.5 Å². The number of carbonyl (C=O) groups excluding carboxylic acids is 1. The summed E-state index contributed by atoms with van der Waals surface area (Å²) in [4.78, 5) is 19.4. The first-order valence-electron chi connectivity index (χ1n) is 2.31. The summed E-state index contributed by atoms with van der Waals surface area (Å²) < 4.78 is 0. The van der Waals surface area contributed by atoms with Gasteiger partial charge in [-0.25, -0.2) is 4.79 Å². The number of urea groups is 1. The molecule has 2 amide bonds. The molecule has 0 unspecified atom stereocenters. The summed E-state index contributed by atoms with van der Waals surface area (Å²) in [5.41, 5.74) is 1.55. The second kappa shape index (κ2) is 4.82. The highest BCUT2D eigenvalue weighted by atomic mass is 16.3. The lowest BCUT2D eigenvalue weighted by Crippen LogP contribution is -2.09. The molecule has 0 saturated heterocycles. The van der Waals surface area contributed by atoms with E-state index in [4.69, 9.17) is 0 Å². The first-order valence-corrected chi connectivity index (χ1v) is 2.31. The summed E-state index contributed by atoms with van der Waals surface area (Å²) in [5.74, 6) is 0. The molecular weight excluding hydrogens is 124 g/mol. The van der Waals surface area contributed by atoms with E-state index in [2.05, 4.69) is 15.5 Å². The zero-order chi connectivity index (χ0) is 7.11. The topological polar surface area (TPSA) is 83.2 Å². The number of nitrogens with zero attached hydrogens (tertiary/aromatic N) is 3. The Labute approximate surface area is 51.3 Å². The molecule has 0 atom stereocenters. The standard InChI is InChI=1S/C3H6N4O2/c1-2-4-5-3(8)6-7-9/h2H2,1H3,(H,6,8,9). The highest BCUT2D eigenvalue weighted by Gasteiger charge is 1.91. The number of hydrogen-bond donors (Lipinski definition) is 1. The quantitative estimate of drug-likeness (QED) is 0.341. The zero-order valence-electron chi connectivity index (χ0n) is 4.87. The lowest BCUT2D eigenvalue weighted by atomic mass is 10.8. The van der Waals surface area contributed by atoms with Crippen LogP contribution in [0.25, 0.3) is 0 Å². The van der Waals surface area contributed by atoms with Gasteiger partial charge in [-0.15, -0.1) is 4.91 Å². The first-order chi connectivity index (χ1) is 4.31. The molecule has 0 rings (SSSR count). The molecule has 0 aliphatic heterocycles. The van der Waals surface area contributed by atoms with Gasteiger partial charge in [0.15, 0.2) is 0 Å².